The number of carbonyl (C=O) groups excluding carboxylic acids is 2. The molecule has 0 unspecified atom stereocenters. The van der Waals surface area contributed by atoms with E-state index in [1.807, 2.05) is 29.2 Å². The van der Waals surface area contributed by atoms with Gasteiger partial charge in [-0.2, -0.15) is 0 Å². The van der Waals surface area contributed by atoms with Crippen LogP contribution in [0.2, 0.25) is 0 Å². The van der Waals surface area contributed by atoms with Gasteiger partial charge in [-0.15, -0.1) is 0 Å². The van der Waals surface area contributed by atoms with Crippen molar-refractivity contribution in [3.05, 3.63) is 29.8 Å². The highest BCUT2D eigenvalue weighted by Crippen LogP contribution is 2.54. The standard InChI is InChI=1S/C20H26N2O3/c1-13(2)20-11-15-5-4-10-19(15,21-17(20)23)18(24)22(20)12-14-6-8-16(25-3)9-7-14/h6-9,13,15H,4-5,10-12H2,1-3H3,(H,21,23)/t15-,19-,20+/m1/s1. The van der Waals surface area contributed by atoms with E-state index in [-0.39, 0.29) is 23.7 Å². The highest BCUT2D eigenvalue weighted by Gasteiger charge is 2.69. The normalized spacial score (nSPS) is 33.6. The van der Waals surface area contributed by atoms with E-state index < -0.39 is 11.1 Å². The van der Waals surface area contributed by atoms with Gasteiger partial charge in [-0.05, 0) is 48.8 Å². The van der Waals surface area contributed by atoms with Gasteiger partial charge in [0.05, 0.1) is 7.11 Å². The van der Waals surface area contributed by atoms with E-state index in [0.717, 1.165) is 37.0 Å². The van der Waals surface area contributed by atoms with Crippen molar-refractivity contribution in [2.45, 2.75) is 57.2 Å². The Bertz CT molecular complexity index is 714. The van der Waals surface area contributed by atoms with Gasteiger partial charge in [0.25, 0.3) is 0 Å². The first kappa shape index (κ1) is 16.4. The van der Waals surface area contributed by atoms with E-state index in [4.69, 9.17) is 4.74 Å². The zero-order valence-electron chi connectivity index (χ0n) is 15.2. The number of ether oxygens (including phenoxy) is 1. The number of piperidine rings is 2. The predicted molar refractivity (Wildman–Crippen MR) is 93.9 cm³/mol. The van der Waals surface area contributed by atoms with Crippen LogP contribution in [0, 0.1) is 11.8 Å². The maximum absolute atomic E-state index is 13.5. The average molecular weight is 342 g/mol. The van der Waals surface area contributed by atoms with Crippen LogP contribution in [0.15, 0.2) is 24.3 Å². The second-order valence-corrected chi connectivity index (χ2v) is 8.04. The van der Waals surface area contributed by atoms with E-state index in [2.05, 4.69) is 19.2 Å². The Labute approximate surface area is 148 Å². The lowest BCUT2D eigenvalue weighted by Gasteiger charge is -2.61. The summed E-state index contributed by atoms with van der Waals surface area (Å²) in [5.41, 5.74) is -0.353. The molecule has 1 N–H and O–H groups in total. The molecule has 3 atom stereocenters. The minimum Gasteiger partial charge on any atom is -0.497 e. The molecule has 25 heavy (non-hydrogen) atoms. The van der Waals surface area contributed by atoms with E-state index in [0.29, 0.717) is 6.54 Å². The van der Waals surface area contributed by atoms with Crippen LogP contribution in [0.1, 0.15) is 45.1 Å². The Morgan fingerprint density at radius 2 is 2.00 bits per heavy atom. The molecule has 2 bridgehead atoms. The van der Waals surface area contributed by atoms with Crippen LogP contribution in [-0.2, 0) is 16.1 Å². The number of nitrogens with zero attached hydrogens (tertiary/aromatic N) is 1. The number of nitrogens with one attached hydrogen (secondary N) is 1. The van der Waals surface area contributed by atoms with Gasteiger partial charge in [-0.3, -0.25) is 9.59 Å². The van der Waals surface area contributed by atoms with Gasteiger partial charge < -0.3 is 15.0 Å². The second-order valence-electron chi connectivity index (χ2n) is 8.04. The molecule has 2 amide bonds. The second kappa shape index (κ2) is 5.48. The molecular weight excluding hydrogens is 316 g/mol. The third kappa shape index (κ3) is 2.07. The number of benzene rings is 1. The summed E-state index contributed by atoms with van der Waals surface area (Å²) in [5.74, 6) is 1.31. The van der Waals surface area contributed by atoms with E-state index in [1.165, 1.54) is 0 Å². The van der Waals surface area contributed by atoms with Gasteiger partial charge in [-0.1, -0.05) is 32.4 Å². The zero-order chi connectivity index (χ0) is 17.8. The number of hydrogen-bond donors (Lipinski definition) is 1. The molecule has 1 aromatic rings. The van der Waals surface area contributed by atoms with Gasteiger partial charge in [0.2, 0.25) is 11.8 Å². The first-order valence-electron chi connectivity index (χ1n) is 9.21. The highest BCUT2D eigenvalue weighted by atomic mass is 16.5. The summed E-state index contributed by atoms with van der Waals surface area (Å²) < 4.78 is 5.22. The lowest BCUT2D eigenvalue weighted by molar-refractivity contribution is -0.182. The van der Waals surface area contributed by atoms with Crippen molar-refractivity contribution in [3.63, 3.8) is 0 Å². The van der Waals surface area contributed by atoms with Crippen LogP contribution in [0.5, 0.6) is 5.75 Å². The largest absolute Gasteiger partial charge is 0.497 e. The van der Waals surface area contributed by atoms with Crippen molar-refractivity contribution in [2.75, 3.05) is 7.11 Å². The fourth-order valence-electron chi connectivity index (χ4n) is 5.22. The fraction of sp³-hybridized carbons (Fsp3) is 0.600. The molecule has 0 radical (unpaired) electrons. The summed E-state index contributed by atoms with van der Waals surface area (Å²) in [6.45, 7) is 4.59. The summed E-state index contributed by atoms with van der Waals surface area (Å²) in [7, 11) is 1.64. The molecule has 134 valence electrons. The third-order valence-electron chi connectivity index (χ3n) is 6.67. The van der Waals surface area contributed by atoms with Gasteiger partial charge in [0.15, 0.2) is 0 Å². The van der Waals surface area contributed by atoms with Crippen molar-refractivity contribution >= 4 is 11.8 Å². The van der Waals surface area contributed by atoms with Crippen molar-refractivity contribution in [1.82, 2.24) is 10.2 Å². The first-order valence-corrected chi connectivity index (χ1v) is 9.21. The van der Waals surface area contributed by atoms with E-state index >= 15 is 0 Å². The van der Waals surface area contributed by atoms with Crippen molar-refractivity contribution in [3.8, 4) is 5.75 Å². The Kier molecular flexibility index (Phi) is 3.60. The van der Waals surface area contributed by atoms with Crippen LogP contribution in [0.4, 0.5) is 0 Å². The zero-order valence-corrected chi connectivity index (χ0v) is 15.2. The number of hydrogen-bond acceptors (Lipinski definition) is 3. The van der Waals surface area contributed by atoms with Crippen molar-refractivity contribution in [2.24, 2.45) is 11.8 Å². The number of fused-ring (bicyclic) bond motifs is 2. The SMILES string of the molecule is COc1ccc(CN2C(=O)[C@@]34CCC[C@@H]3C[C@]2(C(C)C)C(=O)N4)cc1. The van der Waals surface area contributed by atoms with Gasteiger partial charge in [0, 0.05) is 6.54 Å². The van der Waals surface area contributed by atoms with Crippen LogP contribution in [0.25, 0.3) is 0 Å². The molecule has 1 aliphatic carbocycles. The molecule has 0 aromatic heterocycles. The molecule has 4 aliphatic rings. The van der Waals surface area contributed by atoms with Gasteiger partial charge in [-0.25, -0.2) is 0 Å². The molecule has 1 spiro atoms. The monoisotopic (exact) mass is 342 g/mol. The number of rotatable bonds is 4. The lowest BCUT2D eigenvalue weighted by Crippen LogP contribution is -2.82. The Morgan fingerprint density at radius 3 is 2.64 bits per heavy atom. The smallest absolute Gasteiger partial charge is 0.249 e. The molecule has 3 saturated heterocycles. The molecule has 3 heterocycles. The fourth-order valence-corrected chi connectivity index (χ4v) is 5.22. The Morgan fingerprint density at radius 1 is 1.28 bits per heavy atom. The maximum Gasteiger partial charge on any atom is 0.249 e. The maximum atomic E-state index is 13.5. The molecule has 4 fully saturated rings. The predicted octanol–water partition coefficient (Wildman–Crippen LogP) is 2.49. The molecule has 1 saturated carbocycles. The minimum absolute atomic E-state index is 0.0359. The summed E-state index contributed by atoms with van der Waals surface area (Å²) in [6, 6.07) is 7.76. The topological polar surface area (TPSA) is 58.6 Å². The quantitative estimate of drug-likeness (QED) is 0.914. The van der Waals surface area contributed by atoms with Crippen LogP contribution in [0.3, 0.4) is 0 Å². The molecule has 5 heteroatoms. The molecule has 5 rings (SSSR count). The van der Waals surface area contributed by atoms with Gasteiger partial charge >= 0.3 is 0 Å². The first-order chi connectivity index (χ1) is 11.9. The number of carbonyl (C=O) groups is 2. The van der Waals surface area contributed by atoms with E-state index in [1.54, 1.807) is 7.11 Å². The van der Waals surface area contributed by atoms with Crippen LogP contribution < -0.4 is 10.1 Å². The summed E-state index contributed by atoms with van der Waals surface area (Å²) >= 11 is 0. The summed E-state index contributed by atoms with van der Waals surface area (Å²) in [5, 5.41) is 3.15. The molecule has 1 aromatic carbocycles. The molecular formula is C20H26N2O3. The minimum atomic E-state index is -0.728. The van der Waals surface area contributed by atoms with Crippen LogP contribution >= 0.6 is 0 Å². The summed E-state index contributed by atoms with van der Waals surface area (Å²) in [4.78, 5) is 28.4. The third-order valence-corrected chi connectivity index (χ3v) is 6.67. The van der Waals surface area contributed by atoms with Crippen molar-refractivity contribution in [1.29, 1.82) is 0 Å². The average Bonchev–Trinajstić information content (AvgIpc) is 3.01. The number of methoxy groups -OCH3 is 1. The van der Waals surface area contributed by atoms with Gasteiger partial charge in [0.1, 0.15) is 16.8 Å². The Hall–Kier alpha value is -2.04. The molecule has 5 nitrogen and oxygen atoms in total. The van der Waals surface area contributed by atoms with Crippen LogP contribution in [-0.4, -0.2) is 34.9 Å². The highest BCUT2D eigenvalue weighted by molar-refractivity contribution is 6.04. The number of piperazine rings is 1. The van der Waals surface area contributed by atoms with Crippen molar-refractivity contribution < 1.29 is 14.3 Å². The lowest BCUT2D eigenvalue weighted by atomic mass is 9.62. The van der Waals surface area contributed by atoms with E-state index in [9.17, 15) is 9.59 Å². The Balaban J connectivity index is 1.73. The molecule has 3 aliphatic heterocycles. The summed E-state index contributed by atoms with van der Waals surface area (Å²) in [6.07, 6.45) is 3.62. The number of amides is 2.